The van der Waals surface area contributed by atoms with E-state index < -0.39 is 0 Å². The lowest BCUT2D eigenvalue weighted by Gasteiger charge is -2.33. The number of carbonyl (C=O) groups excluding carboxylic acids is 1. The zero-order valence-corrected chi connectivity index (χ0v) is 10.7. The highest BCUT2D eigenvalue weighted by atomic mass is 32.2. The topological polar surface area (TPSA) is 20.3 Å². The van der Waals surface area contributed by atoms with Crippen molar-refractivity contribution in [3.63, 3.8) is 0 Å². The summed E-state index contributed by atoms with van der Waals surface area (Å²) in [6.45, 7) is 8.76. The molecule has 1 atom stereocenters. The van der Waals surface area contributed by atoms with Gasteiger partial charge in [-0.1, -0.05) is 12.2 Å². The van der Waals surface area contributed by atoms with Crippen LogP contribution in [0.15, 0.2) is 12.2 Å². The van der Waals surface area contributed by atoms with Gasteiger partial charge in [0.25, 0.3) is 0 Å². The maximum atomic E-state index is 12.1. The second kappa shape index (κ2) is 3.27. The van der Waals surface area contributed by atoms with Crippen molar-refractivity contribution in [3.05, 3.63) is 12.2 Å². The Morgan fingerprint density at radius 3 is 2.73 bits per heavy atom. The highest BCUT2D eigenvalue weighted by Crippen LogP contribution is 2.52. The Morgan fingerprint density at radius 1 is 1.40 bits per heavy atom. The third-order valence-corrected chi connectivity index (χ3v) is 4.66. The van der Waals surface area contributed by atoms with E-state index in [1.165, 1.54) is 0 Å². The smallest absolute Gasteiger partial charge is 0.224 e. The molecule has 2 nitrogen and oxygen atoms in total. The number of hydrogen-bond donors (Lipinski definition) is 0. The molecule has 2 rings (SSSR count). The Hall–Kier alpha value is -0.440. The summed E-state index contributed by atoms with van der Waals surface area (Å²) in [5.74, 6) is 0.299. The molecular formula is C12H19NOS. The number of amides is 1. The van der Waals surface area contributed by atoms with Crippen LogP contribution in [-0.2, 0) is 4.79 Å². The second-order valence-electron chi connectivity index (χ2n) is 5.33. The van der Waals surface area contributed by atoms with Crippen molar-refractivity contribution in [2.75, 3.05) is 0 Å². The van der Waals surface area contributed by atoms with Gasteiger partial charge in [-0.2, -0.15) is 0 Å². The van der Waals surface area contributed by atoms with Crippen LogP contribution in [0.4, 0.5) is 0 Å². The van der Waals surface area contributed by atoms with Gasteiger partial charge in [-0.15, -0.1) is 11.8 Å². The van der Waals surface area contributed by atoms with Crippen molar-refractivity contribution in [3.8, 4) is 0 Å². The summed E-state index contributed by atoms with van der Waals surface area (Å²) in [5, 5.41) is 0. The number of nitrogens with zero attached hydrogens (tertiary/aromatic N) is 1. The Labute approximate surface area is 96.1 Å². The zero-order valence-electron chi connectivity index (χ0n) is 9.91. The molecule has 15 heavy (non-hydrogen) atoms. The molecule has 0 unspecified atom stereocenters. The fourth-order valence-electron chi connectivity index (χ4n) is 2.72. The van der Waals surface area contributed by atoms with E-state index in [0.717, 1.165) is 6.42 Å². The monoisotopic (exact) mass is 225 g/mol. The van der Waals surface area contributed by atoms with Crippen molar-refractivity contribution in [2.45, 2.75) is 56.2 Å². The third-order valence-electron chi connectivity index (χ3n) is 3.20. The normalized spacial score (nSPS) is 32.7. The summed E-state index contributed by atoms with van der Waals surface area (Å²) in [4.78, 5) is 14.1. The summed E-state index contributed by atoms with van der Waals surface area (Å²) in [5.41, 5.74) is 0. The van der Waals surface area contributed by atoms with E-state index in [0.29, 0.717) is 12.3 Å². The third kappa shape index (κ3) is 1.71. The first-order valence-electron chi connectivity index (χ1n) is 5.53. The number of hydrogen-bond acceptors (Lipinski definition) is 2. The van der Waals surface area contributed by atoms with Gasteiger partial charge >= 0.3 is 0 Å². The maximum Gasteiger partial charge on any atom is 0.224 e. The molecule has 84 valence electrons. The van der Waals surface area contributed by atoms with Gasteiger partial charge < -0.3 is 4.90 Å². The molecular weight excluding hydrogens is 206 g/mol. The first kappa shape index (κ1) is 11.1. The number of carbonyl (C=O) groups is 1. The van der Waals surface area contributed by atoms with E-state index in [-0.39, 0.29) is 15.7 Å². The van der Waals surface area contributed by atoms with Gasteiger partial charge in [0.2, 0.25) is 5.91 Å². The average molecular weight is 225 g/mol. The summed E-state index contributed by atoms with van der Waals surface area (Å²) in [6.07, 6.45) is 5.93. The largest absolute Gasteiger partial charge is 0.321 e. The fraction of sp³-hybridized carbons (Fsp3) is 0.750. The van der Waals surface area contributed by atoms with E-state index >= 15 is 0 Å². The summed E-state index contributed by atoms with van der Waals surface area (Å²) in [6, 6.07) is 0.257. The predicted octanol–water partition coefficient (Wildman–Crippen LogP) is 2.80. The molecule has 0 radical (unpaired) electrons. The Bertz CT molecular complexity index is 320. The van der Waals surface area contributed by atoms with Gasteiger partial charge in [-0.05, 0) is 34.1 Å². The molecule has 2 heterocycles. The van der Waals surface area contributed by atoms with Crippen LogP contribution in [0.1, 0.15) is 40.5 Å². The van der Waals surface area contributed by atoms with E-state index in [1.54, 1.807) is 0 Å². The summed E-state index contributed by atoms with van der Waals surface area (Å²) in [7, 11) is 0. The lowest BCUT2D eigenvalue weighted by molar-refractivity contribution is -0.134. The van der Waals surface area contributed by atoms with Crippen LogP contribution in [0, 0.1) is 0 Å². The van der Waals surface area contributed by atoms with Gasteiger partial charge in [0.05, 0.1) is 10.9 Å². The van der Waals surface area contributed by atoms with Gasteiger partial charge in [-0.3, -0.25) is 4.79 Å². The molecule has 2 aliphatic rings. The zero-order chi connectivity index (χ0) is 11.3. The first-order chi connectivity index (χ1) is 6.84. The van der Waals surface area contributed by atoms with Gasteiger partial charge in [0.15, 0.2) is 0 Å². The Kier molecular flexibility index (Phi) is 2.41. The molecule has 0 aromatic carbocycles. The maximum absolute atomic E-state index is 12.1. The molecule has 1 fully saturated rings. The lowest BCUT2D eigenvalue weighted by Crippen LogP contribution is -2.47. The minimum absolute atomic E-state index is 0.0695. The van der Waals surface area contributed by atoms with Gasteiger partial charge in [0.1, 0.15) is 0 Å². The molecule has 0 bridgehead atoms. The summed E-state index contributed by atoms with van der Waals surface area (Å²) >= 11 is 1.90. The number of fused-ring (bicyclic) bond motifs is 1. The molecule has 2 aliphatic heterocycles. The quantitative estimate of drug-likeness (QED) is 0.591. The second-order valence-corrected chi connectivity index (χ2v) is 7.58. The van der Waals surface area contributed by atoms with Crippen LogP contribution in [0.3, 0.4) is 0 Å². The highest BCUT2D eigenvalue weighted by Gasteiger charge is 2.52. The van der Waals surface area contributed by atoms with Crippen LogP contribution in [0.5, 0.6) is 0 Å². The average Bonchev–Trinajstić information content (AvgIpc) is 2.20. The van der Waals surface area contributed by atoms with Crippen LogP contribution in [-0.4, -0.2) is 26.5 Å². The number of thioether (sulfide) groups is 1. The van der Waals surface area contributed by atoms with Crippen molar-refractivity contribution in [1.82, 2.24) is 4.90 Å². The Balaban J connectivity index is 2.43. The predicted molar refractivity (Wildman–Crippen MR) is 64.8 cm³/mol. The number of rotatable bonds is 0. The molecule has 0 aromatic heterocycles. The number of allylic oxidation sites excluding steroid dienone is 1. The van der Waals surface area contributed by atoms with Gasteiger partial charge in [-0.25, -0.2) is 0 Å². The van der Waals surface area contributed by atoms with Gasteiger partial charge in [0, 0.05) is 11.2 Å². The highest BCUT2D eigenvalue weighted by molar-refractivity contribution is 8.02. The standard InChI is InChI=1S/C12H19NOS/c1-11(2)9-7-5-6-8-10(14)13(9)12(3,4)15-11/h5,7,9H,6,8H2,1-4H3/t9-/m1/s1. The van der Waals surface area contributed by atoms with E-state index in [2.05, 4.69) is 44.7 Å². The minimum atomic E-state index is -0.0695. The molecule has 0 aliphatic carbocycles. The molecule has 0 spiro atoms. The molecule has 0 aromatic rings. The van der Waals surface area contributed by atoms with E-state index in [1.807, 2.05) is 11.8 Å². The van der Waals surface area contributed by atoms with Crippen molar-refractivity contribution in [2.24, 2.45) is 0 Å². The fourth-order valence-corrected chi connectivity index (χ4v) is 4.63. The van der Waals surface area contributed by atoms with Crippen molar-refractivity contribution >= 4 is 17.7 Å². The van der Waals surface area contributed by atoms with E-state index in [9.17, 15) is 4.79 Å². The molecule has 3 heteroatoms. The first-order valence-corrected chi connectivity index (χ1v) is 6.35. The van der Waals surface area contributed by atoms with Crippen LogP contribution in [0.25, 0.3) is 0 Å². The molecule has 1 saturated heterocycles. The lowest BCUT2D eigenvalue weighted by atomic mass is 10.0. The minimum Gasteiger partial charge on any atom is -0.321 e. The van der Waals surface area contributed by atoms with E-state index in [4.69, 9.17) is 0 Å². The summed E-state index contributed by atoms with van der Waals surface area (Å²) < 4.78 is 0.125. The molecule has 0 N–H and O–H groups in total. The van der Waals surface area contributed by atoms with Crippen molar-refractivity contribution in [1.29, 1.82) is 0 Å². The SMILES string of the molecule is CC1(C)SC(C)(C)N2C(=O)CCC=C[C@@H]21. The Morgan fingerprint density at radius 2 is 2.07 bits per heavy atom. The molecule has 1 amide bonds. The van der Waals surface area contributed by atoms with Crippen LogP contribution >= 0.6 is 11.8 Å². The van der Waals surface area contributed by atoms with Crippen molar-refractivity contribution < 1.29 is 4.79 Å². The molecule has 0 saturated carbocycles. The van der Waals surface area contributed by atoms with Crippen LogP contribution in [0.2, 0.25) is 0 Å². The van der Waals surface area contributed by atoms with Crippen LogP contribution < -0.4 is 0 Å².